The Morgan fingerprint density at radius 2 is 2.00 bits per heavy atom. The molecule has 2 aromatic rings. The van der Waals surface area contributed by atoms with Crippen molar-refractivity contribution in [1.29, 1.82) is 0 Å². The van der Waals surface area contributed by atoms with Crippen LogP contribution >= 0.6 is 0 Å². The third kappa shape index (κ3) is 2.89. The van der Waals surface area contributed by atoms with E-state index in [2.05, 4.69) is 10.3 Å². The Hall–Kier alpha value is -2.53. The van der Waals surface area contributed by atoms with Gasteiger partial charge in [-0.2, -0.15) is 0 Å². The monoisotopic (exact) mass is 295 g/mol. The van der Waals surface area contributed by atoms with E-state index in [-0.39, 0.29) is 18.2 Å². The Labute approximate surface area is 129 Å². The normalized spacial score (nSPS) is 18.0. The number of pyridine rings is 1. The summed E-state index contributed by atoms with van der Waals surface area (Å²) in [4.78, 5) is 29.9. The van der Waals surface area contributed by atoms with Crippen LogP contribution in [0.15, 0.2) is 48.8 Å². The van der Waals surface area contributed by atoms with Gasteiger partial charge in [-0.05, 0) is 30.7 Å². The van der Waals surface area contributed by atoms with Gasteiger partial charge in [0.25, 0.3) is 5.91 Å². The summed E-state index contributed by atoms with van der Waals surface area (Å²) < 4.78 is 0. The lowest BCUT2D eigenvalue weighted by Crippen LogP contribution is -2.38. The van der Waals surface area contributed by atoms with Crippen molar-refractivity contribution < 1.29 is 9.59 Å². The van der Waals surface area contributed by atoms with Gasteiger partial charge in [0.15, 0.2) is 0 Å². The van der Waals surface area contributed by atoms with Crippen LogP contribution in [0.5, 0.6) is 0 Å². The van der Waals surface area contributed by atoms with E-state index in [1.54, 1.807) is 24.5 Å². The Bertz CT molecular complexity index is 683. The van der Waals surface area contributed by atoms with Crippen molar-refractivity contribution in [2.24, 2.45) is 0 Å². The molecule has 0 saturated carbocycles. The van der Waals surface area contributed by atoms with Crippen molar-refractivity contribution in [2.45, 2.75) is 25.9 Å². The van der Waals surface area contributed by atoms with Gasteiger partial charge in [-0.1, -0.05) is 23.8 Å². The molecule has 5 heteroatoms. The van der Waals surface area contributed by atoms with E-state index < -0.39 is 6.04 Å². The number of nitrogens with one attached hydrogen (secondary N) is 1. The van der Waals surface area contributed by atoms with E-state index in [1.807, 2.05) is 31.2 Å². The van der Waals surface area contributed by atoms with E-state index in [0.29, 0.717) is 12.2 Å². The fourth-order valence-corrected chi connectivity index (χ4v) is 2.50. The number of hydrogen-bond acceptors (Lipinski definition) is 4. The van der Waals surface area contributed by atoms with Crippen molar-refractivity contribution in [3.63, 3.8) is 0 Å². The van der Waals surface area contributed by atoms with Crippen LogP contribution in [0.4, 0.5) is 5.69 Å². The van der Waals surface area contributed by atoms with Crippen LogP contribution < -0.4 is 10.2 Å². The van der Waals surface area contributed by atoms with Crippen LogP contribution in [-0.4, -0.2) is 22.8 Å². The van der Waals surface area contributed by atoms with Gasteiger partial charge >= 0.3 is 0 Å². The van der Waals surface area contributed by atoms with E-state index >= 15 is 0 Å². The third-order valence-corrected chi connectivity index (χ3v) is 3.71. The van der Waals surface area contributed by atoms with E-state index in [4.69, 9.17) is 0 Å². The molecule has 2 amide bonds. The van der Waals surface area contributed by atoms with Crippen molar-refractivity contribution in [2.75, 3.05) is 4.90 Å². The molecule has 1 aromatic carbocycles. The second-order valence-corrected chi connectivity index (χ2v) is 5.40. The number of imide groups is 1. The number of benzene rings is 1. The second kappa shape index (κ2) is 6.07. The number of carbonyl (C=O) groups excluding carboxylic acids is 2. The van der Waals surface area contributed by atoms with Gasteiger partial charge in [-0.3, -0.25) is 14.6 Å². The molecule has 5 nitrogen and oxygen atoms in total. The number of aromatic nitrogens is 1. The first kappa shape index (κ1) is 14.4. The Kier molecular flexibility index (Phi) is 3.98. The minimum atomic E-state index is -0.478. The summed E-state index contributed by atoms with van der Waals surface area (Å²) in [7, 11) is 0. The van der Waals surface area contributed by atoms with Crippen molar-refractivity contribution in [3.8, 4) is 0 Å². The zero-order chi connectivity index (χ0) is 15.5. The molecule has 22 heavy (non-hydrogen) atoms. The second-order valence-electron chi connectivity index (χ2n) is 5.40. The lowest BCUT2D eigenvalue weighted by Gasteiger charge is -2.15. The molecule has 0 bridgehead atoms. The summed E-state index contributed by atoms with van der Waals surface area (Å²) in [6, 6.07) is 10.7. The molecule has 2 heterocycles. The number of amides is 2. The SMILES string of the molecule is Cc1ccc(N2C(=O)CC(NCc3cccnc3)C2=O)cc1. The molecular weight excluding hydrogens is 278 g/mol. The largest absolute Gasteiger partial charge is 0.301 e. The Balaban J connectivity index is 1.70. The molecule has 0 spiro atoms. The fourth-order valence-electron chi connectivity index (χ4n) is 2.50. The Morgan fingerprint density at radius 3 is 2.68 bits per heavy atom. The summed E-state index contributed by atoms with van der Waals surface area (Å²) in [6.07, 6.45) is 3.63. The fraction of sp³-hybridized carbons (Fsp3) is 0.235. The predicted molar refractivity (Wildman–Crippen MR) is 83.2 cm³/mol. The predicted octanol–water partition coefficient (Wildman–Crippen LogP) is 1.81. The van der Waals surface area contributed by atoms with Gasteiger partial charge in [0.05, 0.1) is 18.2 Å². The first-order valence-electron chi connectivity index (χ1n) is 7.21. The highest BCUT2D eigenvalue weighted by molar-refractivity contribution is 6.22. The quantitative estimate of drug-likeness (QED) is 0.874. The zero-order valence-corrected chi connectivity index (χ0v) is 12.3. The van der Waals surface area contributed by atoms with Gasteiger partial charge in [-0.15, -0.1) is 0 Å². The highest BCUT2D eigenvalue weighted by atomic mass is 16.2. The number of carbonyl (C=O) groups is 2. The van der Waals surface area contributed by atoms with E-state index in [0.717, 1.165) is 11.1 Å². The Morgan fingerprint density at radius 1 is 1.23 bits per heavy atom. The molecule has 0 aliphatic carbocycles. The van der Waals surface area contributed by atoms with Crippen molar-refractivity contribution in [1.82, 2.24) is 10.3 Å². The number of nitrogens with zero attached hydrogens (tertiary/aromatic N) is 2. The highest BCUT2D eigenvalue weighted by Crippen LogP contribution is 2.23. The van der Waals surface area contributed by atoms with Crippen LogP contribution in [0.25, 0.3) is 0 Å². The van der Waals surface area contributed by atoms with Gasteiger partial charge < -0.3 is 5.32 Å². The summed E-state index contributed by atoms with van der Waals surface area (Å²) in [5.74, 6) is -0.365. The summed E-state index contributed by atoms with van der Waals surface area (Å²) in [5, 5.41) is 3.14. The first-order valence-corrected chi connectivity index (χ1v) is 7.21. The van der Waals surface area contributed by atoms with Gasteiger partial charge in [0.1, 0.15) is 0 Å². The molecule has 1 saturated heterocycles. The minimum Gasteiger partial charge on any atom is -0.301 e. The molecule has 3 rings (SSSR count). The van der Waals surface area contributed by atoms with E-state index in [1.165, 1.54) is 4.90 Å². The number of rotatable bonds is 4. The molecule has 1 fully saturated rings. The average molecular weight is 295 g/mol. The molecule has 1 N–H and O–H groups in total. The summed E-state index contributed by atoms with van der Waals surface area (Å²) in [5.41, 5.74) is 2.71. The van der Waals surface area contributed by atoms with Crippen molar-refractivity contribution in [3.05, 3.63) is 59.9 Å². The number of hydrogen-bond donors (Lipinski definition) is 1. The standard InChI is InChI=1S/C17H17N3O2/c1-12-4-6-14(7-5-12)20-16(21)9-15(17(20)22)19-11-13-3-2-8-18-10-13/h2-8,10,15,19H,9,11H2,1H3. The molecule has 1 aliphatic heterocycles. The van der Waals surface area contributed by atoms with E-state index in [9.17, 15) is 9.59 Å². The molecule has 0 radical (unpaired) electrons. The maximum atomic E-state index is 12.4. The maximum absolute atomic E-state index is 12.4. The van der Waals surface area contributed by atoms with Gasteiger partial charge in [-0.25, -0.2) is 4.90 Å². The van der Waals surface area contributed by atoms with Crippen LogP contribution in [-0.2, 0) is 16.1 Å². The number of aryl methyl sites for hydroxylation is 1. The lowest BCUT2D eigenvalue weighted by atomic mass is 10.2. The summed E-state index contributed by atoms with van der Waals surface area (Å²) >= 11 is 0. The molecule has 1 aliphatic rings. The first-order chi connectivity index (χ1) is 10.6. The molecule has 1 unspecified atom stereocenters. The third-order valence-electron chi connectivity index (χ3n) is 3.71. The van der Waals surface area contributed by atoms with Crippen LogP contribution in [0, 0.1) is 6.92 Å². The molecule has 1 atom stereocenters. The van der Waals surface area contributed by atoms with Crippen LogP contribution in [0.3, 0.4) is 0 Å². The molecular formula is C17H17N3O2. The van der Waals surface area contributed by atoms with Crippen LogP contribution in [0.1, 0.15) is 17.5 Å². The molecule has 1 aromatic heterocycles. The minimum absolute atomic E-state index is 0.169. The molecule has 112 valence electrons. The summed E-state index contributed by atoms with van der Waals surface area (Å²) in [6.45, 7) is 2.48. The maximum Gasteiger partial charge on any atom is 0.251 e. The highest BCUT2D eigenvalue weighted by Gasteiger charge is 2.39. The smallest absolute Gasteiger partial charge is 0.251 e. The topological polar surface area (TPSA) is 62.3 Å². The van der Waals surface area contributed by atoms with Crippen molar-refractivity contribution >= 4 is 17.5 Å². The number of anilines is 1. The van der Waals surface area contributed by atoms with Gasteiger partial charge in [0, 0.05) is 18.9 Å². The van der Waals surface area contributed by atoms with Crippen LogP contribution in [0.2, 0.25) is 0 Å². The zero-order valence-electron chi connectivity index (χ0n) is 12.3. The average Bonchev–Trinajstić information content (AvgIpc) is 2.82. The van der Waals surface area contributed by atoms with Gasteiger partial charge in [0.2, 0.25) is 5.91 Å². The lowest BCUT2D eigenvalue weighted by molar-refractivity contribution is -0.121.